The average molecular weight is 710 g/mol. The lowest BCUT2D eigenvalue weighted by molar-refractivity contribution is 0.662. The molecule has 0 saturated heterocycles. The summed E-state index contributed by atoms with van der Waals surface area (Å²) in [6, 6.07) is 64.1. The smallest absolute Gasteiger partial charge is 0.124 e. The van der Waals surface area contributed by atoms with Crippen molar-refractivity contribution in [1.29, 1.82) is 0 Å². The van der Waals surface area contributed by atoms with Crippen molar-refractivity contribution in [3.05, 3.63) is 187 Å². The number of thiazole rings is 1. The fourth-order valence-electron chi connectivity index (χ4n) is 8.71. The molecule has 11 rings (SSSR count). The Bertz CT molecular complexity index is 3070. The van der Waals surface area contributed by atoms with E-state index < -0.39 is 0 Å². The van der Waals surface area contributed by atoms with Crippen LogP contribution in [0.3, 0.4) is 0 Å². The van der Waals surface area contributed by atoms with Crippen molar-refractivity contribution in [1.82, 2.24) is 9.55 Å². The van der Waals surface area contributed by atoms with Gasteiger partial charge < -0.3 is 9.47 Å². The molecule has 1 aliphatic rings. The van der Waals surface area contributed by atoms with Crippen molar-refractivity contribution in [2.24, 2.45) is 0 Å². The number of fused-ring (bicyclic) bond motifs is 8. The van der Waals surface area contributed by atoms with E-state index in [-0.39, 0.29) is 5.41 Å². The summed E-state index contributed by atoms with van der Waals surface area (Å²) in [5, 5.41) is 6.02. The number of anilines is 3. The Kier molecular flexibility index (Phi) is 6.77. The first-order chi connectivity index (χ1) is 26.5. The van der Waals surface area contributed by atoms with Gasteiger partial charge >= 0.3 is 0 Å². The van der Waals surface area contributed by atoms with Crippen LogP contribution in [-0.4, -0.2) is 9.55 Å². The topological polar surface area (TPSA) is 21.1 Å². The molecule has 2 heterocycles. The van der Waals surface area contributed by atoms with Crippen molar-refractivity contribution < 1.29 is 0 Å². The Morgan fingerprint density at radius 3 is 1.98 bits per heavy atom. The highest BCUT2D eigenvalue weighted by Gasteiger charge is 2.36. The van der Waals surface area contributed by atoms with Gasteiger partial charge in [0, 0.05) is 44.5 Å². The summed E-state index contributed by atoms with van der Waals surface area (Å²) >= 11 is 1.78. The van der Waals surface area contributed by atoms with Crippen LogP contribution in [0.1, 0.15) is 25.0 Å². The summed E-state index contributed by atoms with van der Waals surface area (Å²) in [4.78, 5) is 7.49. The monoisotopic (exact) mass is 709 g/mol. The van der Waals surface area contributed by atoms with Crippen molar-refractivity contribution in [3.63, 3.8) is 0 Å². The van der Waals surface area contributed by atoms with E-state index in [1.165, 1.54) is 65.1 Å². The molecule has 0 atom stereocenters. The zero-order valence-corrected chi connectivity index (χ0v) is 30.8. The highest BCUT2D eigenvalue weighted by molar-refractivity contribution is 7.21. The highest BCUT2D eigenvalue weighted by Crippen LogP contribution is 2.52. The lowest BCUT2D eigenvalue weighted by Gasteiger charge is -2.26. The maximum Gasteiger partial charge on any atom is 0.124 e. The van der Waals surface area contributed by atoms with Crippen molar-refractivity contribution in [3.8, 4) is 27.4 Å². The van der Waals surface area contributed by atoms with E-state index in [9.17, 15) is 0 Å². The molecule has 54 heavy (non-hydrogen) atoms. The minimum Gasteiger partial charge on any atom is -0.310 e. The first-order valence-electron chi connectivity index (χ1n) is 18.5. The van der Waals surface area contributed by atoms with E-state index in [0.29, 0.717) is 0 Å². The maximum absolute atomic E-state index is 5.10. The van der Waals surface area contributed by atoms with Crippen LogP contribution in [-0.2, 0) is 5.41 Å². The Morgan fingerprint density at radius 1 is 0.519 bits per heavy atom. The molecule has 0 unspecified atom stereocenters. The molecule has 0 amide bonds. The second kappa shape index (κ2) is 11.8. The highest BCUT2D eigenvalue weighted by atomic mass is 32.1. The largest absolute Gasteiger partial charge is 0.310 e. The van der Waals surface area contributed by atoms with Gasteiger partial charge in [0.2, 0.25) is 0 Å². The second-order valence-electron chi connectivity index (χ2n) is 14.9. The van der Waals surface area contributed by atoms with E-state index in [0.717, 1.165) is 33.3 Å². The summed E-state index contributed by atoms with van der Waals surface area (Å²) in [5.41, 5.74) is 14.4. The van der Waals surface area contributed by atoms with Crippen LogP contribution in [0, 0.1) is 0 Å². The number of nitrogens with zero attached hydrogens (tertiary/aromatic N) is 3. The number of hydrogen-bond donors (Lipinski definition) is 0. The minimum absolute atomic E-state index is 0.132. The third-order valence-corrected chi connectivity index (χ3v) is 12.4. The average Bonchev–Trinajstić information content (AvgIpc) is 3.85. The summed E-state index contributed by atoms with van der Waals surface area (Å²) in [7, 11) is 0. The number of hydrogen-bond acceptors (Lipinski definition) is 3. The first kappa shape index (κ1) is 31.1. The lowest BCUT2D eigenvalue weighted by Crippen LogP contribution is -2.15. The van der Waals surface area contributed by atoms with Crippen LogP contribution in [0.2, 0.25) is 0 Å². The Labute approximate surface area is 318 Å². The SMILES string of the molecule is CC1(C)c2cc3ccc(N(c4ccccc4)c4ccc5c(c4)c4ccccc4n5-c4ccccc4)cc3cc2-c2cc3sc(-c4ccccc4)nc3cc21. The normalized spacial score (nSPS) is 13.1. The number of benzene rings is 8. The Hall–Kier alpha value is -6.49. The third-order valence-electron chi connectivity index (χ3n) is 11.3. The van der Waals surface area contributed by atoms with Gasteiger partial charge in [-0.05, 0) is 118 Å². The van der Waals surface area contributed by atoms with Crippen LogP contribution in [0.25, 0.3) is 70.2 Å². The molecule has 0 spiro atoms. The minimum atomic E-state index is -0.132. The van der Waals surface area contributed by atoms with Crippen molar-refractivity contribution in [2.45, 2.75) is 19.3 Å². The molecular formula is C50H35N3S. The van der Waals surface area contributed by atoms with Gasteiger partial charge in [0.15, 0.2) is 0 Å². The van der Waals surface area contributed by atoms with Crippen LogP contribution >= 0.6 is 11.3 Å². The molecule has 4 heteroatoms. The molecule has 0 N–H and O–H groups in total. The van der Waals surface area contributed by atoms with Crippen LogP contribution in [0.5, 0.6) is 0 Å². The number of para-hydroxylation sites is 3. The molecule has 0 fully saturated rings. The second-order valence-corrected chi connectivity index (χ2v) is 15.9. The zero-order chi connectivity index (χ0) is 36.0. The quantitative estimate of drug-likeness (QED) is 0.177. The van der Waals surface area contributed by atoms with Gasteiger partial charge in [0.05, 0.1) is 21.3 Å². The van der Waals surface area contributed by atoms with Crippen molar-refractivity contribution in [2.75, 3.05) is 4.90 Å². The molecule has 1 aliphatic carbocycles. The number of rotatable bonds is 5. The lowest BCUT2D eigenvalue weighted by atomic mass is 9.82. The predicted molar refractivity (Wildman–Crippen MR) is 229 cm³/mol. The summed E-state index contributed by atoms with van der Waals surface area (Å²) in [6.45, 7) is 4.71. The van der Waals surface area contributed by atoms with Gasteiger partial charge in [0.1, 0.15) is 5.01 Å². The predicted octanol–water partition coefficient (Wildman–Crippen LogP) is 14.0. The molecule has 256 valence electrons. The van der Waals surface area contributed by atoms with Gasteiger partial charge in [-0.2, -0.15) is 0 Å². The van der Waals surface area contributed by atoms with Crippen molar-refractivity contribution >= 4 is 71.2 Å². The van der Waals surface area contributed by atoms with Gasteiger partial charge in [-0.3, -0.25) is 0 Å². The van der Waals surface area contributed by atoms with E-state index in [2.05, 4.69) is 199 Å². The molecule has 0 bridgehead atoms. The summed E-state index contributed by atoms with van der Waals surface area (Å²) in [5.74, 6) is 0. The third kappa shape index (κ3) is 4.70. The molecular weight excluding hydrogens is 675 g/mol. The summed E-state index contributed by atoms with van der Waals surface area (Å²) < 4.78 is 3.60. The van der Waals surface area contributed by atoms with Gasteiger partial charge in [-0.25, -0.2) is 4.98 Å². The van der Waals surface area contributed by atoms with Crippen LogP contribution < -0.4 is 4.90 Å². The van der Waals surface area contributed by atoms with Gasteiger partial charge in [-0.15, -0.1) is 11.3 Å². The first-order valence-corrected chi connectivity index (χ1v) is 19.4. The molecule has 0 saturated carbocycles. The molecule has 8 aromatic carbocycles. The van der Waals surface area contributed by atoms with Crippen LogP contribution in [0.15, 0.2) is 176 Å². The molecule has 2 aromatic heterocycles. The Morgan fingerprint density at radius 2 is 1.17 bits per heavy atom. The molecule has 10 aromatic rings. The van der Waals surface area contributed by atoms with Gasteiger partial charge in [-0.1, -0.05) is 105 Å². The Balaban J connectivity index is 1.07. The molecule has 0 radical (unpaired) electrons. The fraction of sp³-hybridized carbons (Fsp3) is 0.0600. The zero-order valence-electron chi connectivity index (χ0n) is 30.0. The van der Waals surface area contributed by atoms with E-state index in [1.54, 1.807) is 11.3 Å². The molecule has 3 nitrogen and oxygen atoms in total. The fourth-order valence-corrected chi connectivity index (χ4v) is 9.70. The van der Waals surface area contributed by atoms with E-state index >= 15 is 0 Å². The number of aromatic nitrogens is 2. The van der Waals surface area contributed by atoms with E-state index in [1.807, 2.05) is 0 Å². The standard InChI is InChI=1S/C50H35N3S/c1-50(2)43-28-33-22-23-37(26-34(33)27-40(43)41-30-48-45(31-44(41)50)51-49(54-48)32-14-6-3-7-15-32)52(35-16-8-4-9-17-35)38-24-25-47-42(29-38)39-20-12-13-21-46(39)53(47)36-18-10-5-11-19-36/h3-31H,1-2H3. The van der Waals surface area contributed by atoms with Crippen LogP contribution in [0.4, 0.5) is 17.1 Å². The van der Waals surface area contributed by atoms with Gasteiger partial charge in [0.25, 0.3) is 0 Å². The molecule has 0 aliphatic heterocycles. The summed E-state index contributed by atoms with van der Waals surface area (Å²) in [6.07, 6.45) is 0. The van der Waals surface area contributed by atoms with E-state index in [4.69, 9.17) is 4.98 Å². The maximum atomic E-state index is 5.10.